The van der Waals surface area contributed by atoms with Crippen molar-refractivity contribution >= 4 is 28.4 Å². The molecule has 1 fully saturated rings. The summed E-state index contributed by atoms with van der Waals surface area (Å²) in [6.45, 7) is 0. The van der Waals surface area contributed by atoms with Crippen LogP contribution in [0.15, 0.2) is 54.7 Å². The lowest BCUT2D eigenvalue weighted by molar-refractivity contribution is -0.121. The molecule has 1 N–H and O–H groups in total. The molecule has 3 aromatic rings. The molecule has 0 saturated heterocycles. The number of fused-ring (bicyclic) bond motifs is 1. The van der Waals surface area contributed by atoms with Gasteiger partial charge >= 0.3 is 0 Å². The fourth-order valence-electron chi connectivity index (χ4n) is 3.48. The van der Waals surface area contributed by atoms with Crippen molar-refractivity contribution in [3.05, 3.63) is 70.9 Å². The first-order chi connectivity index (χ1) is 12.1. The lowest BCUT2D eigenvalue weighted by atomic mass is 9.88. The second-order valence-corrected chi connectivity index (χ2v) is 7.30. The Kier molecular flexibility index (Phi) is 4.26. The summed E-state index contributed by atoms with van der Waals surface area (Å²) < 4.78 is 2.13. The summed E-state index contributed by atoms with van der Waals surface area (Å²) in [5.41, 5.74) is 3.42. The predicted octanol–water partition coefficient (Wildman–Crippen LogP) is 4.63. The van der Waals surface area contributed by atoms with Gasteiger partial charge in [-0.3, -0.25) is 4.79 Å². The van der Waals surface area contributed by atoms with Crippen molar-refractivity contribution in [3.8, 4) is 0 Å². The normalized spacial score (nSPS) is 15.3. The monoisotopic (exact) mass is 352 g/mol. The Morgan fingerprint density at radius 1 is 1.24 bits per heavy atom. The third-order valence-electron chi connectivity index (χ3n) is 4.89. The number of amides is 1. The van der Waals surface area contributed by atoms with Gasteiger partial charge in [0, 0.05) is 47.6 Å². The molecular formula is C21H21ClN2O. The van der Waals surface area contributed by atoms with Gasteiger partial charge in [0.15, 0.2) is 0 Å². The van der Waals surface area contributed by atoms with Crippen LogP contribution in [-0.2, 0) is 11.8 Å². The van der Waals surface area contributed by atoms with E-state index in [-0.39, 0.29) is 11.8 Å². The van der Waals surface area contributed by atoms with Crippen LogP contribution in [0.4, 0.5) is 0 Å². The molecular weight excluding hydrogens is 332 g/mol. The quantitative estimate of drug-likeness (QED) is 0.713. The molecule has 1 aliphatic rings. The van der Waals surface area contributed by atoms with E-state index in [4.69, 9.17) is 11.6 Å². The van der Waals surface area contributed by atoms with E-state index in [1.165, 1.54) is 16.5 Å². The number of para-hydroxylation sites is 1. The van der Waals surface area contributed by atoms with Crippen LogP contribution in [0.3, 0.4) is 0 Å². The Morgan fingerprint density at radius 2 is 2.04 bits per heavy atom. The van der Waals surface area contributed by atoms with E-state index >= 15 is 0 Å². The molecule has 128 valence electrons. The summed E-state index contributed by atoms with van der Waals surface area (Å²) in [6.07, 6.45) is 4.77. The molecule has 0 spiro atoms. The van der Waals surface area contributed by atoms with E-state index in [9.17, 15) is 4.79 Å². The number of carbonyl (C=O) groups excluding carboxylic acids is 1. The lowest BCUT2D eigenvalue weighted by Crippen LogP contribution is -2.27. The number of benzene rings is 2. The van der Waals surface area contributed by atoms with Crippen LogP contribution in [0.1, 0.15) is 36.3 Å². The second kappa shape index (κ2) is 6.57. The van der Waals surface area contributed by atoms with Gasteiger partial charge in [0.25, 0.3) is 0 Å². The van der Waals surface area contributed by atoms with Crippen LogP contribution in [-0.4, -0.2) is 16.5 Å². The summed E-state index contributed by atoms with van der Waals surface area (Å²) >= 11 is 6.22. The number of aryl methyl sites for hydroxylation is 1. The van der Waals surface area contributed by atoms with E-state index in [1.807, 2.05) is 37.4 Å². The number of carbonyl (C=O) groups is 1. The smallest absolute Gasteiger partial charge is 0.221 e. The summed E-state index contributed by atoms with van der Waals surface area (Å²) in [7, 11) is 2.05. The molecule has 1 aromatic heterocycles. The average molecular weight is 353 g/mol. The zero-order valence-electron chi connectivity index (χ0n) is 14.2. The van der Waals surface area contributed by atoms with Gasteiger partial charge in [-0.2, -0.15) is 0 Å². The third-order valence-corrected chi connectivity index (χ3v) is 5.12. The minimum Gasteiger partial charge on any atom is -0.353 e. The van der Waals surface area contributed by atoms with Crippen LogP contribution in [0.2, 0.25) is 5.02 Å². The zero-order chi connectivity index (χ0) is 17.4. The van der Waals surface area contributed by atoms with Crippen LogP contribution >= 0.6 is 11.6 Å². The van der Waals surface area contributed by atoms with Gasteiger partial charge in [0.05, 0.1) is 0 Å². The predicted molar refractivity (Wildman–Crippen MR) is 102 cm³/mol. The van der Waals surface area contributed by atoms with Crippen molar-refractivity contribution in [3.63, 3.8) is 0 Å². The largest absolute Gasteiger partial charge is 0.353 e. The van der Waals surface area contributed by atoms with E-state index in [0.717, 1.165) is 18.4 Å². The first-order valence-electron chi connectivity index (χ1n) is 8.70. The fourth-order valence-corrected chi connectivity index (χ4v) is 3.68. The van der Waals surface area contributed by atoms with Crippen molar-refractivity contribution in [2.75, 3.05) is 0 Å². The van der Waals surface area contributed by atoms with E-state index < -0.39 is 0 Å². The minimum absolute atomic E-state index is 0.0106. The molecule has 0 bridgehead atoms. The van der Waals surface area contributed by atoms with Gasteiger partial charge in [-0.15, -0.1) is 0 Å². The Morgan fingerprint density at radius 3 is 2.80 bits per heavy atom. The highest BCUT2D eigenvalue weighted by Gasteiger charge is 2.27. The molecule has 0 aliphatic heterocycles. The highest BCUT2D eigenvalue weighted by molar-refractivity contribution is 6.30. The highest BCUT2D eigenvalue weighted by Crippen LogP contribution is 2.35. The Labute approximate surface area is 152 Å². The van der Waals surface area contributed by atoms with Gasteiger partial charge in [0.1, 0.15) is 0 Å². The number of hydrogen-bond donors (Lipinski definition) is 1. The maximum absolute atomic E-state index is 12.5. The van der Waals surface area contributed by atoms with Crippen molar-refractivity contribution in [2.24, 2.45) is 7.05 Å². The SMILES string of the molecule is Cn1cc(C(CC(=O)NC2CC2)c2cccc(Cl)c2)c2ccccc21. The number of nitrogens with one attached hydrogen (secondary N) is 1. The first kappa shape index (κ1) is 16.2. The Hall–Kier alpha value is -2.26. The van der Waals surface area contributed by atoms with E-state index in [1.54, 1.807) is 0 Å². The van der Waals surface area contributed by atoms with Crippen molar-refractivity contribution in [1.82, 2.24) is 9.88 Å². The minimum atomic E-state index is -0.0106. The fraction of sp³-hybridized carbons (Fsp3) is 0.286. The number of nitrogens with zero attached hydrogens (tertiary/aromatic N) is 1. The maximum Gasteiger partial charge on any atom is 0.221 e. The van der Waals surface area contributed by atoms with Crippen molar-refractivity contribution < 1.29 is 4.79 Å². The number of hydrogen-bond acceptors (Lipinski definition) is 1. The van der Waals surface area contributed by atoms with Crippen LogP contribution < -0.4 is 5.32 Å². The standard InChI is InChI=1S/C21H21ClN2O/c1-24-13-19(17-7-2-3-8-20(17)24)18(12-21(25)23-16-9-10-16)14-5-4-6-15(22)11-14/h2-8,11,13,16,18H,9-10,12H2,1H3,(H,23,25). The molecule has 1 amide bonds. The molecule has 1 saturated carbocycles. The number of halogens is 1. The van der Waals surface area contributed by atoms with Crippen molar-refractivity contribution in [2.45, 2.75) is 31.2 Å². The number of aromatic nitrogens is 1. The highest BCUT2D eigenvalue weighted by atomic mass is 35.5. The topological polar surface area (TPSA) is 34.0 Å². The molecule has 4 heteroatoms. The summed E-state index contributed by atoms with van der Waals surface area (Å²) in [6, 6.07) is 16.6. The zero-order valence-corrected chi connectivity index (χ0v) is 15.0. The van der Waals surface area contributed by atoms with Crippen LogP contribution in [0, 0.1) is 0 Å². The second-order valence-electron chi connectivity index (χ2n) is 6.87. The van der Waals surface area contributed by atoms with Gasteiger partial charge < -0.3 is 9.88 Å². The molecule has 1 aliphatic carbocycles. The lowest BCUT2D eigenvalue weighted by Gasteiger charge is -2.17. The van der Waals surface area contributed by atoms with Crippen molar-refractivity contribution in [1.29, 1.82) is 0 Å². The van der Waals surface area contributed by atoms with Crippen LogP contribution in [0.25, 0.3) is 10.9 Å². The third kappa shape index (κ3) is 3.42. The molecule has 2 aromatic carbocycles. The van der Waals surface area contributed by atoms with Gasteiger partial charge in [-0.25, -0.2) is 0 Å². The summed E-state index contributed by atoms with van der Waals surface area (Å²) in [4.78, 5) is 12.5. The number of rotatable bonds is 5. The molecule has 25 heavy (non-hydrogen) atoms. The summed E-state index contributed by atoms with van der Waals surface area (Å²) in [5, 5.41) is 5.00. The van der Waals surface area contributed by atoms with Gasteiger partial charge in [-0.1, -0.05) is 41.9 Å². The first-order valence-corrected chi connectivity index (χ1v) is 9.08. The van der Waals surface area contributed by atoms with E-state index in [0.29, 0.717) is 17.5 Å². The molecule has 1 unspecified atom stereocenters. The van der Waals surface area contributed by atoms with Gasteiger partial charge in [0.2, 0.25) is 5.91 Å². The average Bonchev–Trinajstić information content (AvgIpc) is 3.35. The Bertz CT molecular complexity index is 927. The Balaban J connectivity index is 1.76. The molecule has 1 heterocycles. The van der Waals surface area contributed by atoms with Gasteiger partial charge in [-0.05, 0) is 42.2 Å². The van der Waals surface area contributed by atoms with Crippen LogP contribution in [0.5, 0.6) is 0 Å². The molecule has 1 atom stereocenters. The maximum atomic E-state index is 12.5. The van der Waals surface area contributed by atoms with E-state index in [2.05, 4.69) is 34.3 Å². The molecule has 4 rings (SSSR count). The molecule has 0 radical (unpaired) electrons. The molecule has 3 nitrogen and oxygen atoms in total. The summed E-state index contributed by atoms with van der Waals surface area (Å²) in [5.74, 6) is 0.101.